The zero-order valence-electron chi connectivity index (χ0n) is 16.8. The number of alkyl halides is 3. The Bertz CT molecular complexity index is 867. The maximum atomic E-state index is 13.0. The molecule has 0 radical (unpaired) electrons. The predicted molar refractivity (Wildman–Crippen MR) is 107 cm³/mol. The number of amides is 1. The van der Waals surface area contributed by atoms with Crippen molar-refractivity contribution in [3.63, 3.8) is 0 Å². The van der Waals surface area contributed by atoms with Gasteiger partial charge in [0, 0.05) is 31.9 Å². The highest BCUT2D eigenvalue weighted by atomic mass is 19.4. The predicted octanol–water partition coefficient (Wildman–Crippen LogP) is 5.43. The Hall–Kier alpha value is -2.70. The summed E-state index contributed by atoms with van der Waals surface area (Å²) in [5.74, 6) is 0. The van der Waals surface area contributed by atoms with Crippen LogP contribution in [0.2, 0.25) is 0 Å². The van der Waals surface area contributed by atoms with E-state index in [0.29, 0.717) is 31.7 Å². The molecule has 7 heteroatoms. The number of carbonyl (C=O) groups is 1. The molecule has 3 rings (SSSR count). The van der Waals surface area contributed by atoms with Crippen molar-refractivity contribution in [3.05, 3.63) is 54.1 Å². The summed E-state index contributed by atoms with van der Waals surface area (Å²) >= 11 is 0. The van der Waals surface area contributed by atoms with E-state index < -0.39 is 17.3 Å². The molecule has 0 aromatic heterocycles. The maximum Gasteiger partial charge on any atom is 0.416 e. The molecule has 1 aliphatic heterocycles. The Morgan fingerprint density at radius 3 is 2.07 bits per heavy atom. The van der Waals surface area contributed by atoms with Crippen LogP contribution >= 0.6 is 0 Å². The first-order valence-corrected chi connectivity index (χ1v) is 9.53. The molecule has 2 aromatic rings. The van der Waals surface area contributed by atoms with Gasteiger partial charge in [-0.15, -0.1) is 0 Å². The van der Waals surface area contributed by atoms with E-state index in [1.807, 2.05) is 39.0 Å². The zero-order valence-corrected chi connectivity index (χ0v) is 16.8. The number of halogens is 3. The first kappa shape index (κ1) is 21.0. The summed E-state index contributed by atoms with van der Waals surface area (Å²) in [6, 6.07) is 12.8. The monoisotopic (exact) mass is 406 g/mol. The molecule has 0 unspecified atom stereocenters. The van der Waals surface area contributed by atoms with Gasteiger partial charge in [-0.05, 0) is 56.2 Å². The second kappa shape index (κ2) is 7.97. The number of anilines is 1. The fourth-order valence-corrected chi connectivity index (χ4v) is 3.23. The van der Waals surface area contributed by atoms with Crippen LogP contribution in [0.5, 0.6) is 0 Å². The van der Waals surface area contributed by atoms with E-state index in [1.165, 1.54) is 12.1 Å². The summed E-state index contributed by atoms with van der Waals surface area (Å²) in [4.78, 5) is 16.0. The van der Waals surface area contributed by atoms with Crippen LogP contribution in [0.15, 0.2) is 48.5 Å². The normalized spacial score (nSPS) is 15.4. The average Bonchev–Trinajstić information content (AvgIpc) is 2.66. The molecule has 4 nitrogen and oxygen atoms in total. The third kappa shape index (κ3) is 5.43. The number of nitrogens with zero attached hydrogens (tertiary/aromatic N) is 2. The summed E-state index contributed by atoms with van der Waals surface area (Å²) in [6.45, 7) is 7.82. The lowest BCUT2D eigenvalue weighted by Crippen LogP contribution is -2.50. The number of carbonyl (C=O) groups excluding carboxylic acids is 1. The first-order valence-electron chi connectivity index (χ1n) is 9.53. The number of hydrogen-bond acceptors (Lipinski definition) is 3. The third-order valence-corrected chi connectivity index (χ3v) is 4.67. The summed E-state index contributed by atoms with van der Waals surface area (Å²) in [5, 5.41) is 0. The molecule has 1 saturated heterocycles. The van der Waals surface area contributed by atoms with E-state index >= 15 is 0 Å². The van der Waals surface area contributed by atoms with Crippen LogP contribution < -0.4 is 4.90 Å². The highest BCUT2D eigenvalue weighted by Crippen LogP contribution is 2.33. The summed E-state index contributed by atoms with van der Waals surface area (Å²) < 4.78 is 44.4. The van der Waals surface area contributed by atoms with Gasteiger partial charge in [0.2, 0.25) is 0 Å². The summed E-state index contributed by atoms with van der Waals surface area (Å²) in [6.07, 6.45) is -4.69. The lowest BCUT2D eigenvalue weighted by Gasteiger charge is -2.36. The van der Waals surface area contributed by atoms with Crippen molar-refractivity contribution in [1.29, 1.82) is 0 Å². The molecule has 0 N–H and O–H groups in total. The molecule has 0 bridgehead atoms. The summed E-state index contributed by atoms with van der Waals surface area (Å²) in [5.41, 5.74) is 0.973. The van der Waals surface area contributed by atoms with E-state index in [0.717, 1.165) is 17.3 Å². The minimum Gasteiger partial charge on any atom is -0.444 e. The maximum absolute atomic E-state index is 13.0. The van der Waals surface area contributed by atoms with Crippen molar-refractivity contribution in [3.8, 4) is 11.1 Å². The van der Waals surface area contributed by atoms with Crippen LogP contribution in [0.4, 0.5) is 23.7 Å². The molecule has 0 saturated carbocycles. The van der Waals surface area contributed by atoms with Gasteiger partial charge in [-0.2, -0.15) is 13.2 Å². The van der Waals surface area contributed by atoms with E-state index in [-0.39, 0.29) is 6.09 Å². The average molecular weight is 406 g/mol. The van der Waals surface area contributed by atoms with Crippen molar-refractivity contribution in [2.75, 3.05) is 31.1 Å². The van der Waals surface area contributed by atoms with Crippen molar-refractivity contribution >= 4 is 11.8 Å². The van der Waals surface area contributed by atoms with Gasteiger partial charge in [-0.3, -0.25) is 0 Å². The van der Waals surface area contributed by atoms with Crippen molar-refractivity contribution in [2.24, 2.45) is 0 Å². The van der Waals surface area contributed by atoms with Crippen LogP contribution in [0.25, 0.3) is 11.1 Å². The topological polar surface area (TPSA) is 32.8 Å². The van der Waals surface area contributed by atoms with Gasteiger partial charge in [-0.1, -0.05) is 24.3 Å². The fourth-order valence-electron chi connectivity index (χ4n) is 3.23. The van der Waals surface area contributed by atoms with Crippen LogP contribution in [0.3, 0.4) is 0 Å². The van der Waals surface area contributed by atoms with E-state index in [1.54, 1.807) is 17.0 Å². The Balaban J connectivity index is 1.71. The largest absolute Gasteiger partial charge is 0.444 e. The molecule has 1 aliphatic rings. The zero-order chi connectivity index (χ0) is 21.2. The minimum atomic E-state index is -4.37. The van der Waals surface area contributed by atoms with Crippen LogP contribution in [-0.4, -0.2) is 42.8 Å². The number of ether oxygens (including phenoxy) is 1. The van der Waals surface area contributed by atoms with Gasteiger partial charge >= 0.3 is 12.3 Å². The minimum absolute atomic E-state index is 0.324. The Kier molecular flexibility index (Phi) is 5.78. The highest BCUT2D eigenvalue weighted by molar-refractivity contribution is 5.70. The molecule has 29 heavy (non-hydrogen) atoms. The third-order valence-electron chi connectivity index (χ3n) is 4.67. The first-order chi connectivity index (χ1) is 13.5. The van der Waals surface area contributed by atoms with Gasteiger partial charge in [0.25, 0.3) is 0 Å². The van der Waals surface area contributed by atoms with E-state index in [4.69, 9.17) is 4.74 Å². The quantitative estimate of drug-likeness (QED) is 0.667. The molecule has 1 fully saturated rings. The molecule has 0 spiro atoms. The van der Waals surface area contributed by atoms with Gasteiger partial charge in [0.1, 0.15) is 5.60 Å². The Labute approximate surface area is 168 Å². The highest BCUT2D eigenvalue weighted by Gasteiger charge is 2.30. The lowest BCUT2D eigenvalue weighted by atomic mass is 10.0. The SMILES string of the molecule is CC(C)(C)OC(=O)N1CCN(c2cccc(-c3cccc(C(F)(F)F)c3)c2)CC1. The van der Waals surface area contributed by atoms with Crippen LogP contribution in [0.1, 0.15) is 26.3 Å². The molecular weight excluding hydrogens is 381 g/mol. The number of rotatable bonds is 2. The smallest absolute Gasteiger partial charge is 0.416 e. The molecule has 0 atom stereocenters. The molecule has 1 heterocycles. The standard InChI is InChI=1S/C22H25F3N2O2/c1-21(2,3)29-20(28)27-12-10-26(11-13-27)19-9-5-7-17(15-19)16-6-4-8-18(14-16)22(23,24)25/h4-9,14-15H,10-13H2,1-3H3. The molecule has 2 aromatic carbocycles. The summed E-state index contributed by atoms with van der Waals surface area (Å²) in [7, 11) is 0. The molecule has 1 amide bonds. The number of piperazine rings is 1. The number of benzene rings is 2. The number of hydrogen-bond donors (Lipinski definition) is 0. The van der Waals surface area contributed by atoms with E-state index in [2.05, 4.69) is 4.90 Å². The molecular formula is C22H25F3N2O2. The van der Waals surface area contributed by atoms with Crippen LogP contribution in [-0.2, 0) is 10.9 Å². The van der Waals surface area contributed by atoms with Crippen LogP contribution in [0, 0.1) is 0 Å². The van der Waals surface area contributed by atoms with Gasteiger partial charge in [-0.25, -0.2) is 4.79 Å². The second-order valence-corrected chi connectivity index (χ2v) is 8.08. The fraction of sp³-hybridized carbons (Fsp3) is 0.409. The van der Waals surface area contributed by atoms with E-state index in [9.17, 15) is 18.0 Å². The molecule has 156 valence electrons. The van der Waals surface area contributed by atoms with Crippen molar-refractivity contribution < 1.29 is 22.7 Å². The lowest BCUT2D eigenvalue weighted by molar-refractivity contribution is -0.137. The Morgan fingerprint density at radius 1 is 0.897 bits per heavy atom. The van der Waals surface area contributed by atoms with Gasteiger partial charge in [0.05, 0.1) is 5.56 Å². The van der Waals surface area contributed by atoms with Gasteiger partial charge < -0.3 is 14.5 Å². The van der Waals surface area contributed by atoms with Crippen molar-refractivity contribution in [2.45, 2.75) is 32.5 Å². The van der Waals surface area contributed by atoms with Gasteiger partial charge in [0.15, 0.2) is 0 Å². The Morgan fingerprint density at radius 2 is 1.48 bits per heavy atom. The molecule has 0 aliphatic carbocycles. The second-order valence-electron chi connectivity index (χ2n) is 8.08. The van der Waals surface area contributed by atoms with Crippen molar-refractivity contribution in [1.82, 2.24) is 4.90 Å².